The zero-order valence-electron chi connectivity index (χ0n) is 11.8. The van der Waals surface area contributed by atoms with Crippen molar-refractivity contribution < 1.29 is 23.9 Å². The van der Waals surface area contributed by atoms with E-state index in [9.17, 15) is 19.5 Å². The Labute approximate surface area is 117 Å². The second kappa shape index (κ2) is 4.98. The van der Waals surface area contributed by atoms with Gasteiger partial charge in [-0.1, -0.05) is 0 Å². The molecule has 1 heterocycles. The van der Waals surface area contributed by atoms with Gasteiger partial charge in [-0.05, 0) is 32.9 Å². The summed E-state index contributed by atoms with van der Waals surface area (Å²) < 4.78 is 5.31. The van der Waals surface area contributed by atoms with Crippen molar-refractivity contribution >= 4 is 17.3 Å². The van der Waals surface area contributed by atoms with Crippen molar-refractivity contribution in [1.82, 2.24) is 0 Å². The lowest BCUT2D eigenvalue weighted by atomic mass is 9.61. The molecule has 0 aliphatic heterocycles. The van der Waals surface area contributed by atoms with Crippen molar-refractivity contribution in [3.05, 3.63) is 24.2 Å². The van der Waals surface area contributed by atoms with Gasteiger partial charge in [0.2, 0.25) is 0 Å². The third-order valence-electron chi connectivity index (χ3n) is 4.01. The van der Waals surface area contributed by atoms with Crippen LogP contribution in [0.5, 0.6) is 0 Å². The number of hydrogen-bond acceptors (Lipinski definition) is 5. The largest absolute Gasteiger partial charge is 0.469 e. The molecule has 1 aromatic heterocycles. The predicted octanol–water partition coefficient (Wildman–Crippen LogP) is 1.50. The van der Waals surface area contributed by atoms with E-state index in [2.05, 4.69) is 0 Å². The fraction of sp³-hybridized carbons (Fsp3) is 0.533. The molecule has 2 rings (SSSR count). The number of carbonyl (C=O) groups excluding carboxylic acids is 3. The van der Waals surface area contributed by atoms with Gasteiger partial charge >= 0.3 is 0 Å². The molecule has 0 radical (unpaired) electrons. The molecule has 0 spiro atoms. The molecular weight excluding hydrogens is 260 g/mol. The molecule has 1 aromatic rings. The summed E-state index contributed by atoms with van der Waals surface area (Å²) in [5, 5.41) is 10.4. The predicted molar refractivity (Wildman–Crippen MR) is 70.0 cm³/mol. The Morgan fingerprint density at radius 2 is 2.00 bits per heavy atom. The fourth-order valence-corrected chi connectivity index (χ4v) is 3.33. The first kappa shape index (κ1) is 14.7. The van der Waals surface area contributed by atoms with Crippen molar-refractivity contribution in [3.63, 3.8) is 0 Å². The van der Waals surface area contributed by atoms with Crippen LogP contribution in [0.3, 0.4) is 0 Å². The highest BCUT2D eigenvalue weighted by atomic mass is 16.3. The molecule has 4 unspecified atom stereocenters. The van der Waals surface area contributed by atoms with E-state index in [1.165, 1.54) is 27.0 Å². The maximum Gasteiger partial charge on any atom is 0.146 e. The summed E-state index contributed by atoms with van der Waals surface area (Å²) >= 11 is 0. The summed E-state index contributed by atoms with van der Waals surface area (Å²) in [6.45, 7) is 4.15. The number of Topliss-reactive ketones (excluding diaryl/α,β-unsaturated/α-hetero) is 3. The van der Waals surface area contributed by atoms with E-state index in [1.54, 1.807) is 12.1 Å². The van der Waals surface area contributed by atoms with Gasteiger partial charge in [-0.15, -0.1) is 0 Å². The zero-order chi connectivity index (χ0) is 15.1. The molecule has 1 aliphatic rings. The highest BCUT2D eigenvalue weighted by Crippen LogP contribution is 2.46. The first-order valence-corrected chi connectivity index (χ1v) is 6.55. The summed E-state index contributed by atoms with van der Waals surface area (Å²) in [6.07, 6.45) is 1.23. The van der Waals surface area contributed by atoms with Crippen LogP contribution in [0.15, 0.2) is 22.8 Å². The Morgan fingerprint density at radius 3 is 2.45 bits per heavy atom. The number of carbonyl (C=O) groups is 3. The summed E-state index contributed by atoms with van der Waals surface area (Å²) in [7, 11) is 0. The molecule has 1 N–H and O–H groups in total. The van der Waals surface area contributed by atoms with E-state index in [4.69, 9.17) is 4.42 Å². The van der Waals surface area contributed by atoms with Crippen LogP contribution in [-0.4, -0.2) is 28.1 Å². The van der Waals surface area contributed by atoms with Crippen LogP contribution in [0, 0.1) is 11.8 Å². The van der Waals surface area contributed by atoms with E-state index in [1.807, 2.05) is 0 Å². The lowest BCUT2D eigenvalue weighted by molar-refractivity contribution is -0.152. The molecule has 1 fully saturated rings. The van der Waals surface area contributed by atoms with Crippen LogP contribution in [0.4, 0.5) is 0 Å². The van der Waals surface area contributed by atoms with Crippen molar-refractivity contribution in [2.45, 2.75) is 38.7 Å². The summed E-state index contributed by atoms with van der Waals surface area (Å²) in [6, 6.07) is 3.27. The highest BCUT2D eigenvalue weighted by molar-refractivity contribution is 6.04. The average Bonchev–Trinajstić information content (AvgIpc) is 2.77. The van der Waals surface area contributed by atoms with Crippen LogP contribution in [0.2, 0.25) is 0 Å². The van der Waals surface area contributed by atoms with Crippen LogP contribution >= 0.6 is 0 Å². The Hall–Kier alpha value is -1.75. The van der Waals surface area contributed by atoms with Crippen LogP contribution in [-0.2, 0) is 14.4 Å². The Kier molecular flexibility index (Phi) is 3.65. The maximum atomic E-state index is 12.2. The number of hydrogen-bond donors (Lipinski definition) is 1. The lowest BCUT2D eigenvalue weighted by Gasteiger charge is -2.43. The molecular formula is C15H18O5. The minimum Gasteiger partial charge on any atom is -0.469 e. The maximum absolute atomic E-state index is 12.2. The highest BCUT2D eigenvalue weighted by Gasteiger charge is 2.54. The van der Waals surface area contributed by atoms with E-state index >= 15 is 0 Å². The van der Waals surface area contributed by atoms with Gasteiger partial charge in [-0.3, -0.25) is 14.4 Å². The molecule has 5 heteroatoms. The molecule has 1 saturated carbocycles. The summed E-state index contributed by atoms with van der Waals surface area (Å²) in [5.41, 5.74) is -1.47. The van der Waals surface area contributed by atoms with E-state index in [0.29, 0.717) is 5.76 Å². The van der Waals surface area contributed by atoms with Crippen LogP contribution < -0.4 is 0 Å². The molecule has 0 amide bonds. The quantitative estimate of drug-likeness (QED) is 0.847. The second-order valence-corrected chi connectivity index (χ2v) is 5.72. The molecule has 1 aliphatic carbocycles. The molecule has 5 nitrogen and oxygen atoms in total. The number of ketones is 3. The van der Waals surface area contributed by atoms with Crippen molar-refractivity contribution in [2.75, 3.05) is 0 Å². The lowest BCUT2D eigenvalue weighted by Crippen LogP contribution is -2.53. The first-order chi connectivity index (χ1) is 9.25. The van der Waals surface area contributed by atoms with E-state index < -0.39 is 23.4 Å². The van der Waals surface area contributed by atoms with Crippen LogP contribution in [0.1, 0.15) is 38.9 Å². The van der Waals surface area contributed by atoms with Gasteiger partial charge in [-0.2, -0.15) is 0 Å². The number of aliphatic hydroxyl groups is 1. The Bertz CT molecular complexity index is 541. The minimum atomic E-state index is -1.47. The smallest absolute Gasteiger partial charge is 0.146 e. The van der Waals surface area contributed by atoms with E-state index in [0.717, 1.165) is 0 Å². The fourth-order valence-electron chi connectivity index (χ4n) is 3.33. The SMILES string of the molecule is CC(=O)C1C(=O)CC(C)(O)C(C(C)=O)C1c1ccco1. The molecule has 0 saturated heterocycles. The number of rotatable bonds is 3. The third-order valence-corrected chi connectivity index (χ3v) is 4.01. The van der Waals surface area contributed by atoms with Crippen molar-refractivity contribution in [2.24, 2.45) is 11.8 Å². The average molecular weight is 278 g/mol. The monoisotopic (exact) mass is 278 g/mol. The summed E-state index contributed by atoms with van der Waals surface area (Å²) in [4.78, 5) is 36.0. The zero-order valence-corrected chi connectivity index (χ0v) is 11.8. The Balaban J connectivity index is 2.58. The summed E-state index contributed by atoms with van der Waals surface area (Å²) in [5.74, 6) is -3.03. The third kappa shape index (κ3) is 2.33. The Morgan fingerprint density at radius 1 is 1.35 bits per heavy atom. The molecule has 0 aromatic carbocycles. The minimum absolute atomic E-state index is 0.196. The van der Waals surface area contributed by atoms with Gasteiger partial charge in [0.1, 0.15) is 23.1 Å². The number of furan rings is 1. The van der Waals surface area contributed by atoms with E-state index in [-0.39, 0.29) is 23.8 Å². The van der Waals surface area contributed by atoms with Gasteiger partial charge in [-0.25, -0.2) is 0 Å². The van der Waals surface area contributed by atoms with Crippen molar-refractivity contribution in [1.29, 1.82) is 0 Å². The normalized spacial score (nSPS) is 34.0. The molecule has 0 bridgehead atoms. The molecule has 108 valence electrons. The standard InChI is InChI=1S/C15H18O5/c1-8(16)12-10(18)7-15(3,19)14(9(2)17)13(12)11-5-4-6-20-11/h4-6,12-14,19H,7H2,1-3H3. The second-order valence-electron chi connectivity index (χ2n) is 5.72. The molecule has 4 atom stereocenters. The van der Waals surface area contributed by atoms with Crippen molar-refractivity contribution in [3.8, 4) is 0 Å². The van der Waals surface area contributed by atoms with Gasteiger partial charge < -0.3 is 9.52 Å². The molecule has 20 heavy (non-hydrogen) atoms. The van der Waals surface area contributed by atoms with Gasteiger partial charge in [0.15, 0.2) is 0 Å². The van der Waals surface area contributed by atoms with Gasteiger partial charge in [0.05, 0.1) is 23.7 Å². The van der Waals surface area contributed by atoms with Gasteiger partial charge in [0, 0.05) is 12.3 Å². The topological polar surface area (TPSA) is 84.6 Å². The van der Waals surface area contributed by atoms with Crippen LogP contribution in [0.25, 0.3) is 0 Å². The first-order valence-electron chi connectivity index (χ1n) is 6.55. The van der Waals surface area contributed by atoms with Gasteiger partial charge in [0.25, 0.3) is 0 Å².